The Morgan fingerprint density at radius 2 is 2.11 bits per heavy atom. The molecule has 0 aliphatic rings. The summed E-state index contributed by atoms with van der Waals surface area (Å²) in [6.07, 6.45) is 0.192. The summed E-state index contributed by atoms with van der Waals surface area (Å²) in [4.78, 5) is 27.6. The van der Waals surface area contributed by atoms with E-state index in [0.29, 0.717) is 12.2 Å². The van der Waals surface area contributed by atoms with Crippen LogP contribution in [0.1, 0.15) is 29.3 Å². The molecule has 0 fully saturated rings. The summed E-state index contributed by atoms with van der Waals surface area (Å²) in [7, 11) is 0. The van der Waals surface area contributed by atoms with Gasteiger partial charge >= 0.3 is 0 Å². The van der Waals surface area contributed by atoms with Gasteiger partial charge in [-0.2, -0.15) is 0 Å². The third-order valence-electron chi connectivity index (χ3n) is 2.25. The molecule has 5 nitrogen and oxygen atoms in total. The molecule has 18 heavy (non-hydrogen) atoms. The predicted octanol–water partition coefficient (Wildman–Crippen LogP) is 1.18. The minimum absolute atomic E-state index is 0.178. The summed E-state index contributed by atoms with van der Waals surface area (Å²) in [5.41, 5.74) is 3.89. The van der Waals surface area contributed by atoms with Gasteiger partial charge in [0.1, 0.15) is 0 Å². The van der Waals surface area contributed by atoms with Gasteiger partial charge in [-0.05, 0) is 26.0 Å². The van der Waals surface area contributed by atoms with Gasteiger partial charge in [0.25, 0.3) is 5.91 Å². The Kier molecular flexibility index (Phi) is 5.87. The molecular weight excluding hydrogens is 232 g/mol. The van der Waals surface area contributed by atoms with Crippen LogP contribution in [0.2, 0.25) is 0 Å². The van der Waals surface area contributed by atoms with Crippen molar-refractivity contribution in [1.82, 2.24) is 10.8 Å². The molecule has 5 heteroatoms. The number of hydroxylamine groups is 1. The van der Waals surface area contributed by atoms with Gasteiger partial charge in [0.15, 0.2) is 0 Å². The maximum Gasteiger partial charge on any atom is 0.251 e. The van der Waals surface area contributed by atoms with E-state index in [-0.39, 0.29) is 24.8 Å². The van der Waals surface area contributed by atoms with Crippen LogP contribution in [0.3, 0.4) is 0 Å². The topological polar surface area (TPSA) is 67.4 Å². The predicted molar refractivity (Wildman–Crippen MR) is 67.9 cm³/mol. The van der Waals surface area contributed by atoms with E-state index in [9.17, 15) is 9.59 Å². The molecule has 0 saturated heterocycles. The molecular formula is C13H18N2O3. The number of nitrogens with one attached hydrogen (secondary N) is 2. The lowest BCUT2D eigenvalue weighted by Crippen LogP contribution is -2.30. The van der Waals surface area contributed by atoms with E-state index in [4.69, 9.17) is 4.84 Å². The lowest BCUT2D eigenvalue weighted by Gasteiger charge is -2.06. The Labute approximate surface area is 106 Å². The van der Waals surface area contributed by atoms with Crippen molar-refractivity contribution in [3.63, 3.8) is 0 Å². The zero-order chi connectivity index (χ0) is 13.4. The summed E-state index contributed by atoms with van der Waals surface area (Å²) in [6.45, 7) is 4.40. The average Bonchev–Trinajstić information content (AvgIpc) is 2.36. The van der Waals surface area contributed by atoms with Crippen LogP contribution in [0.5, 0.6) is 0 Å². The molecule has 0 saturated carbocycles. The number of hydrogen-bond donors (Lipinski definition) is 2. The zero-order valence-corrected chi connectivity index (χ0v) is 10.7. The Balaban J connectivity index is 2.31. The molecule has 0 radical (unpaired) electrons. The Morgan fingerprint density at radius 1 is 1.33 bits per heavy atom. The fourth-order valence-electron chi connectivity index (χ4n) is 1.38. The van der Waals surface area contributed by atoms with Gasteiger partial charge in [-0.15, -0.1) is 0 Å². The van der Waals surface area contributed by atoms with Gasteiger partial charge in [-0.3, -0.25) is 14.4 Å². The first-order valence-corrected chi connectivity index (χ1v) is 5.89. The second kappa shape index (κ2) is 7.45. The van der Waals surface area contributed by atoms with E-state index < -0.39 is 0 Å². The molecule has 1 aromatic carbocycles. The molecule has 0 spiro atoms. The first kappa shape index (κ1) is 14.2. The number of amides is 2. The summed E-state index contributed by atoms with van der Waals surface area (Å²) < 4.78 is 0. The van der Waals surface area contributed by atoms with Crippen molar-refractivity contribution in [3.05, 3.63) is 35.4 Å². The van der Waals surface area contributed by atoms with Crippen molar-refractivity contribution in [1.29, 1.82) is 0 Å². The molecule has 0 bridgehead atoms. The fraction of sp³-hybridized carbons (Fsp3) is 0.385. The van der Waals surface area contributed by atoms with E-state index >= 15 is 0 Å². The monoisotopic (exact) mass is 250 g/mol. The minimum Gasteiger partial charge on any atom is -0.352 e. The van der Waals surface area contributed by atoms with Crippen molar-refractivity contribution in [3.8, 4) is 0 Å². The summed E-state index contributed by atoms with van der Waals surface area (Å²) >= 11 is 0. The third kappa shape index (κ3) is 4.97. The summed E-state index contributed by atoms with van der Waals surface area (Å²) in [5.74, 6) is -0.427. The van der Waals surface area contributed by atoms with Crippen molar-refractivity contribution in [2.75, 3.05) is 13.2 Å². The van der Waals surface area contributed by atoms with Crippen LogP contribution in [0.25, 0.3) is 0 Å². The standard InChI is InChI=1S/C13H18N2O3/c1-3-18-15-12(16)7-8-14-13(17)11-6-4-5-10(2)9-11/h4-6,9H,3,7-8H2,1-2H3,(H,14,17)(H,15,16). The van der Waals surface area contributed by atoms with E-state index in [0.717, 1.165) is 5.56 Å². The molecule has 2 N–H and O–H groups in total. The van der Waals surface area contributed by atoms with Crippen molar-refractivity contribution in [2.45, 2.75) is 20.3 Å². The van der Waals surface area contributed by atoms with Crippen LogP contribution in [0.15, 0.2) is 24.3 Å². The van der Waals surface area contributed by atoms with Gasteiger partial charge < -0.3 is 5.32 Å². The molecule has 98 valence electrons. The molecule has 0 aliphatic carbocycles. The first-order chi connectivity index (χ1) is 8.63. The van der Waals surface area contributed by atoms with Crippen LogP contribution in [-0.4, -0.2) is 25.0 Å². The lowest BCUT2D eigenvalue weighted by molar-refractivity contribution is -0.133. The van der Waals surface area contributed by atoms with Crippen LogP contribution in [0.4, 0.5) is 0 Å². The van der Waals surface area contributed by atoms with Gasteiger partial charge in [-0.25, -0.2) is 5.48 Å². The number of benzene rings is 1. The average molecular weight is 250 g/mol. The molecule has 0 heterocycles. The molecule has 2 amide bonds. The summed E-state index contributed by atoms with van der Waals surface area (Å²) in [6, 6.07) is 7.29. The maximum absolute atomic E-state index is 11.7. The number of carbonyl (C=O) groups is 2. The Bertz CT molecular complexity index is 418. The van der Waals surface area contributed by atoms with E-state index in [1.54, 1.807) is 19.1 Å². The number of hydrogen-bond acceptors (Lipinski definition) is 3. The van der Waals surface area contributed by atoms with Crippen molar-refractivity contribution in [2.24, 2.45) is 0 Å². The normalized spacial score (nSPS) is 9.89. The minimum atomic E-state index is -0.249. The highest BCUT2D eigenvalue weighted by atomic mass is 16.6. The van der Waals surface area contributed by atoms with Crippen LogP contribution < -0.4 is 10.8 Å². The lowest BCUT2D eigenvalue weighted by atomic mass is 10.1. The number of rotatable bonds is 6. The van der Waals surface area contributed by atoms with E-state index in [2.05, 4.69) is 10.8 Å². The molecule has 1 aromatic rings. The van der Waals surface area contributed by atoms with Crippen LogP contribution in [0, 0.1) is 6.92 Å². The second-order valence-corrected chi connectivity index (χ2v) is 3.83. The van der Waals surface area contributed by atoms with Crippen molar-refractivity contribution < 1.29 is 14.4 Å². The van der Waals surface area contributed by atoms with E-state index in [1.807, 2.05) is 19.1 Å². The summed E-state index contributed by atoms with van der Waals surface area (Å²) in [5, 5.41) is 2.68. The highest BCUT2D eigenvalue weighted by Gasteiger charge is 2.06. The largest absolute Gasteiger partial charge is 0.352 e. The first-order valence-electron chi connectivity index (χ1n) is 5.89. The number of carbonyl (C=O) groups excluding carboxylic acids is 2. The van der Waals surface area contributed by atoms with Crippen LogP contribution >= 0.6 is 0 Å². The highest BCUT2D eigenvalue weighted by molar-refractivity contribution is 5.94. The Morgan fingerprint density at radius 3 is 2.78 bits per heavy atom. The smallest absolute Gasteiger partial charge is 0.251 e. The molecule has 0 aromatic heterocycles. The SMILES string of the molecule is CCONC(=O)CCNC(=O)c1cccc(C)c1. The highest BCUT2D eigenvalue weighted by Crippen LogP contribution is 2.03. The maximum atomic E-state index is 11.7. The van der Waals surface area contributed by atoms with Gasteiger partial charge in [0, 0.05) is 18.5 Å². The fourth-order valence-corrected chi connectivity index (χ4v) is 1.38. The number of aryl methyl sites for hydroxylation is 1. The molecule has 0 aliphatic heterocycles. The second-order valence-electron chi connectivity index (χ2n) is 3.83. The van der Waals surface area contributed by atoms with Gasteiger partial charge in [0.05, 0.1) is 6.61 Å². The molecule has 0 unspecified atom stereocenters. The quantitative estimate of drug-likeness (QED) is 0.745. The molecule has 1 rings (SSSR count). The zero-order valence-electron chi connectivity index (χ0n) is 10.7. The van der Waals surface area contributed by atoms with Gasteiger partial charge in [0.2, 0.25) is 5.91 Å². The Hall–Kier alpha value is -1.88. The molecule has 0 atom stereocenters. The third-order valence-corrected chi connectivity index (χ3v) is 2.25. The van der Waals surface area contributed by atoms with Crippen LogP contribution in [-0.2, 0) is 9.63 Å². The van der Waals surface area contributed by atoms with E-state index in [1.165, 1.54) is 0 Å². The van der Waals surface area contributed by atoms with Gasteiger partial charge in [-0.1, -0.05) is 17.7 Å². The van der Waals surface area contributed by atoms with Crippen molar-refractivity contribution >= 4 is 11.8 Å².